The van der Waals surface area contributed by atoms with Crippen molar-refractivity contribution in [1.29, 1.82) is 0 Å². The fourth-order valence-electron chi connectivity index (χ4n) is 3.65. The molecule has 2 atom stereocenters. The molecule has 1 aliphatic heterocycles. The van der Waals surface area contributed by atoms with E-state index in [1.807, 2.05) is 11.3 Å². The first-order chi connectivity index (χ1) is 10.3. The quantitative estimate of drug-likeness (QED) is 0.868. The van der Waals surface area contributed by atoms with E-state index in [4.69, 9.17) is 9.72 Å². The molecule has 2 aliphatic rings. The van der Waals surface area contributed by atoms with Gasteiger partial charge in [0.2, 0.25) is 0 Å². The van der Waals surface area contributed by atoms with Gasteiger partial charge in [0.25, 0.3) is 0 Å². The molecule has 3 nitrogen and oxygen atoms in total. The van der Waals surface area contributed by atoms with Crippen LogP contribution in [0.1, 0.15) is 68.0 Å². The zero-order valence-electron chi connectivity index (χ0n) is 13.4. The number of aryl methyl sites for hydroxylation is 2. The van der Waals surface area contributed by atoms with Crippen molar-refractivity contribution in [3.05, 3.63) is 15.6 Å². The zero-order chi connectivity index (χ0) is 14.7. The highest BCUT2D eigenvalue weighted by atomic mass is 32.1. The second-order valence-corrected chi connectivity index (χ2v) is 7.57. The lowest BCUT2D eigenvalue weighted by Crippen LogP contribution is -2.49. The van der Waals surface area contributed by atoms with Crippen molar-refractivity contribution in [2.45, 2.75) is 76.9 Å². The number of fused-ring (bicyclic) bond motifs is 1. The summed E-state index contributed by atoms with van der Waals surface area (Å²) in [6, 6.07) is 0. The number of nitrogens with zero attached hydrogens (tertiary/aromatic N) is 1. The third kappa shape index (κ3) is 3.17. The minimum atomic E-state index is 0.0725. The molecule has 0 saturated carbocycles. The van der Waals surface area contributed by atoms with Crippen LogP contribution in [-0.4, -0.2) is 24.2 Å². The predicted molar refractivity (Wildman–Crippen MR) is 88.0 cm³/mol. The Morgan fingerprint density at radius 2 is 2.24 bits per heavy atom. The third-order valence-electron chi connectivity index (χ3n) is 4.79. The van der Waals surface area contributed by atoms with Gasteiger partial charge in [-0.2, -0.15) is 0 Å². The molecule has 1 aliphatic carbocycles. The first-order valence-electron chi connectivity index (χ1n) is 8.63. The van der Waals surface area contributed by atoms with Crippen molar-refractivity contribution in [2.24, 2.45) is 0 Å². The molecule has 1 saturated heterocycles. The van der Waals surface area contributed by atoms with Gasteiger partial charge in [-0.05, 0) is 51.5 Å². The maximum absolute atomic E-state index is 5.99. The standard InChI is InChI=1S/C17H28N2OS/c1-3-6-13-12-17(9-11-20-13,18-10-4-2)16-19-14-7-5-8-15(14)21-16/h13,18H,3-12H2,1-2H3. The summed E-state index contributed by atoms with van der Waals surface area (Å²) >= 11 is 1.97. The second kappa shape index (κ2) is 6.76. The van der Waals surface area contributed by atoms with Crippen molar-refractivity contribution < 1.29 is 4.74 Å². The predicted octanol–water partition coefficient (Wildman–Crippen LogP) is 3.81. The lowest BCUT2D eigenvalue weighted by molar-refractivity contribution is -0.0349. The number of aromatic nitrogens is 1. The average Bonchev–Trinajstić information content (AvgIpc) is 3.07. The average molecular weight is 308 g/mol. The van der Waals surface area contributed by atoms with E-state index in [1.54, 1.807) is 4.88 Å². The Bertz CT molecular complexity index is 450. The van der Waals surface area contributed by atoms with Gasteiger partial charge in [0, 0.05) is 11.5 Å². The maximum atomic E-state index is 5.99. The smallest absolute Gasteiger partial charge is 0.113 e. The molecule has 1 aromatic rings. The number of thiazole rings is 1. The molecule has 0 bridgehead atoms. The molecule has 21 heavy (non-hydrogen) atoms. The first-order valence-corrected chi connectivity index (χ1v) is 9.44. The molecule has 0 spiro atoms. The van der Waals surface area contributed by atoms with Crippen LogP contribution in [0.4, 0.5) is 0 Å². The van der Waals surface area contributed by atoms with E-state index in [2.05, 4.69) is 19.2 Å². The van der Waals surface area contributed by atoms with Gasteiger partial charge < -0.3 is 10.1 Å². The normalized spacial score (nSPS) is 28.8. The summed E-state index contributed by atoms with van der Waals surface area (Å²) in [7, 11) is 0. The van der Waals surface area contributed by atoms with Crippen LogP contribution in [0.15, 0.2) is 0 Å². The molecule has 2 unspecified atom stereocenters. The minimum Gasteiger partial charge on any atom is -0.378 e. The lowest BCUT2D eigenvalue weighted by atomic mass is 9.85. The van der Waals surface area contributed by atoms with Gasteiger partial charge in [0.15, 0.2) is 0 Å². The number of rotatable bonds is 6. The number of ether oxygens (including phenoxy) is 1. The molecule has 1 N–H and O–H groups in total. The number of nitrogens with one attached hydrogen (secondary N) is 1. The van der Waals surface area contributed by atoms with E-state index in [-0.39, 0.29) is 5.54 Å². The van der Waals surface area contributed by atoms with Crippen LogP contribution < -0.4 is 5.32 Å². The Morgan fingerprint density at radius 3 is 3.00 bits per heavy atom. The van der Waals surface area contributed by atoms with Crippen LogP contribution in [0.5, 0.6) is 0 Å². The third-order valence-corrected chi connectivity index (χ3v) is 6.15. The minimum absolute atomic E-state index is 0.0725. The number of hydrogen-bond acceptors (Lipinski definition) is 4. The molecular weight excluding hydrogens is 280 g/mol. The van der Waals surface area contributed by atoms with Crippen molar-refractivity contribution >= 4 is 11.3 Å². The molecule has 0 amide bonds. The van der Waals surface area contributed by atoms with E-state index >= 15 is 0 Å². The van der Waals surface area contributed by atoms with Crippen LogP contribution in [0.2, 0.25) is 0 Å². The Kier molecular flexibility index (Phi) is 4.97. The molecule has 1 aromatic heterocycles. The topological polar surface area (TPSA) is 34.2 Å². The molecule has 0 radical (unpaired) electrons. The van der Waals surface area contributed by atoms with Gasteiger partial charge in [0.05, 0.1) is 17.3 Å². The van der Waals surface area contributed by atoms with Crippen LogP contribution >= 0.6 is 11.3 Å². The lowest BCUT2D eigenvalue weighted by Gasteiger charge is -2.40. The Labute approximate surface area is 132 Å². The Hall–Kier alpha value is -0.450. The molecule has 1 fully saturated rings. The van der Waals surface area contributed by atoms with E-state index in [1.165, 1.54) is 49.2 Å². The van der Waals surface area contributed by atoms with Crippen molar-refractivity contribution in [2.75, 3.05) is 13.2 Å². The fraction of sp³-hybridized carbons (Fsp3) is 0.824. The zero-order valence-corrected chi connectivity index (χ0v) is 14.2. The van der Waals surface area contributed by atoms with Crippen molar-refractivity contribution in [3.63, 3.8) is 0 Å². The van der Waals surface area contributed by atoms with Crippen LogP contribution in [-0.2, 0) is 23.1 Å². The van der Waals surface area contributed by atoms with Gasteiger partial charge in [-0.15, -0.1) is 11.3 Å². The summed E-state index contributed by atoms with van der Waals surface area (Å²) in [4.78, 5) is 6.58. The Morgan fingerprint density at radius 1 is 1.33 bits per heavy atom. The van der Waals surface area contributed by atoms with Gasteiger partial charge in [-0.3, -0.25) is 0 Å². The highest BCUT2D eigenvalue weighted by molar-refractivity contribution is 7.12. The van der Waals surface area contributed by atoms with E-state index in [0.717, 1.165) is 26.0 Å². The van der Waals surface area contributed by atoms with Crippen molar-refractivity contribution in [3.8, 4) is 0 Å². The summed E-state index contributed by atoms with van der Waals surface area (Å²) in [6.45, 7) is 6.43. The summed E-state index contributed by atoms with van der Waals surface area (Å²) in [5, 5.41) is 5.18. The highest BCUT2D eigenvalue weighted by Crippen LogP contribution is 2.40. The van der Waals surface area contributed by atoms with Crippen LogP contribution in [0.3, 0.4) is 0 Å². The van der Waals surface area contributed by atoms with Crippen LogP contribution in [0.25, 0.3) is 0 Å². The monoisotopic (exact) mass is 308 g/mol. The summed E-state index contributed by atoms with van der Waals surface area (Å²) in [5.41, 5.74) is 1.45. The van der Waals surface area contributed by atoms with Crippen LogP contribution in [0, 0.1) is 0 Å². The molecule has 4 heteroatoms. The van der Waals surface area contributed by atoms with Gasteiger partial charge >= 0.3 is 0 Å². The molecule has 3 rings (SSSR count). The Balaban J connectivity index is 1.84. The van der Waals surface area contributed by atoms with Gasteiger partial charge in [-0.1, -0.05) is 20.3 Å². The first kappa shape index (κ1) is 15.4. The molecule has 0 aromatic carbocycles. The fourth-order valence-corrected chi connectivity index (χ4v) is 5.00. The van der Waals surface area contributed by atoms with E-state index in [0.29, 0.717) is 6.10 Å². The van der Waals surface area contributed by atoms with E-state index in [9.17, 15) is 0 Å². The van der Waals surface area contributed by atoms with Gasteiger partial charge in [0.1, 0.15) is 5.01 Å². The maximum Gasteiger partial charge on any atom is 0.113 e. The molecular formula is C17H28N2OS. The molecule has 118 valence electrons. The summed E-state index contributed by atoms with van der Waals surface area (Å²) in [6.07, 6.45) is 9.82. The summed E-state index contributed by atoms with van der Waals surface area (Å²) in [5.74, 6) is 0. The highest BCUT2D eigenvalue weighted by Gasteiger charge is 2.41. The van der Waals surface area contributed by atoms with Gasteiger partial charge in [-0.25, -0.2) is 4.98 Å². The number of hydrogen-bond donors (Lipinski definition) is 1. The van der Waals surface area contributed by atoms with E-state index < -0.39 is 0 Å². The second-order valence-electron chi connectivity index (χ2n) is 6.49. The largest absolute Gasteiger partial charge is 0.378 e. The SMILES string of the molecule is CCCNC1(c2nc3c(s2)CCC3)CCOC(CCC)C1. The summed E-state index contributed by atoms with van der Waals surface area (Å²) < 4.78 is 5.99. The van der Waals surface area contributed by atoms with Crippen molar-refractivity contribution in [1.82, 2.24) is 10.3 Å². The molecule has 2 heterocycles.